The molecule has 0 spiro atoms. The Labute approximate surface area is 68.7 Å². The van der Waals surface area contributed by atoms with Gasteiger partial charge in [-0.3, -0.25) is 0 Å². The first-order valence-electron chi connectivity index (χ1n) is 3.33. The largest absolute Gasteiger partial charge is 0.394 e. The molecule has 6 heteroatoms. The van der Waals surface area contributed by atoms with Gasteiger partial charge in [0.2, 0.25) is 0 Å². The molecule has 0 radical (unpaired) electrons. The number of hydrogen-bond acceptors (Lipinski definition) is 6. The van der Waals surface area contributed by atoms with Gasteiger partial charge in [0.25, 0.3) is 0 Å². The Hall–Kier alpha value is -0.530. The number of aliphatic hydroxyl groups excluding tert-OH is 5. The number of hydrogen-bond donors (Lipinski definition) is 5. The van der Waals surface area contributed by atoms with E-state index in [4.69, 9.17) is 25.5 Å². The smallest absolute Gasteiger partial charge is 0.151 e. The van der Waals surface area contributed by atoms with E-state index in [1.165, 1.54) is 0 Å². The van der Waals surface area contributed by atoms with Crippen LogP contribution in [0.25, 0.3) is 0 Å². The van der Waals surface area contributed by atoms with Crippen molar-refractivity contribution in [2.75, 3.05) is 6.61 Å². The van der Waals surface area contributed by atoms with Crippen molar-refractivity contribution in [3.05, 3.63) is 0 Å². The van der Waals surface area contributed by atoms with E-state index in [1.807, 2.05) is 0 Å². The summed E-state index contributed by atoms with van der Waals surface area (Å²) in [5.41, 5.74) is 0. The molecule has 6 nitrogen and oxygen atoms in total. The summed E-state index contributed by atoms with van der Waals surface area (Å²) in [5.74, 6) is 0. The van der Waals surface area contributed by atoms with Crippen LogP contribution in [-0.2, 0) is 4.79 Å². The monoisotopic (exact) mass is 182 g/mol. The van der Waals surface area contributed by atoms with Crippen molar-refractivity contribution in [1.82, 2.24) is 0 Å². The van der Waals surface area contributed by atoms with Gasteiger partial charge in [-0.25, -0.2) is 0 Å². The topological polar surface area (TPSA) is 118 Å². The lowest BCUT2D eigenvalue weighted by Crippen LogP contribution is -2.46. The van der Waals surface area contributed by atoms with Crippen LogP contribution in [-0.4, -0.2) is 62.8 Å². The Morgan fingerprint density at radius 3 is 1.92 bits per heavy atom. The van der Waals surface area contributed by atoms with Crippen molar-refractivity contribution < 1.29 is 30.3 Å². The summed E-state index contributed by atoms with van der Waals surface area (Å²) in [6.45, 7) is -0.760. The molecule has 0 aromatic carbocycles. The van der Waals surface area contributed by atoms with Gasteiger partial charge in [0.15, 0.2) is 6.29 Å². The van der Waals surface area contributed by atoms with Crippen LogP contribution in [0.4, 0.5) is 0 Å². The van der Waals surface area contributed by atoms with E-state index >= 15 is 0 Å². The lowest BCUT2D eigenvalue weighted by Gasteiger charge is -2.22. The second kappa shape index (κ2) is 5.18. The maximum atomic E-state index is 9.90. The zero-order valence-electron chi connectivity index (χ0n) is 6.24. The minimum Gasteiger partial charge on any atom is -0.394 e. The lowest BCUT2D eigenvalue weighted by atomic mass is 10.3. The minimum absolute atomic E-state index is 0.0258. The first kappa shape index (κ1) is 11.5. The SMILES string of the molecule is O=C[13C@H](O)[13C@@H](O)[C@H](O)[C@H](O)CO. The highest BCUT2D eigenvalue weighted by Crippen LogP contribution is 2.02. The van der Waals surface area contributed by atoms with Gasteiger partial charge in [0, 0.05) is 0 Å². The fourth-order valence-electron chi connectivity index (χ4n) is 0.618. The van der Waals surface area contributed by atoms with E-state index in [1.54, 1.807) is 0 Å². The van der Waals surface area contributed by atoms with Crippen LogP contribution in [0, 0.1) is 0 Å². The number of aliphatic hydroxyl groups is 5. The molecule has 5 N–H and O–H groups in total. The van der Waals surface area contributed by atoms with Crippen molar-refractivity contribution >= 4 is 6.29 Å². The van der Waals surface area contributed by atoms with Gasteiger partial charge >= 0.3 is 0 Å². The molecule has 0 aliphatic carbocycles. The Bertz CT molecular complexity index is 138. The molecule has 0 heterocycles. The molecule has 0 saturated heterocycles. The third-order valence-corrected chi connectivity index (χ3v) is 1.42. The summed E-state index contributed by atoms with van der Waals surface area (Å²) in [7, 11) is 0. The molecule has 0 rings (SSSR count). The maximum absolute atomic E-state index is 9.90. The second-order valence-electron chi connectivity index (χ2n) is 2.36. The van der Waals surface area contributed by atoms with Crippen LogP contribution < -0.4 is 0 Å². The predicted molar refractivity (Wildman–Crippen MR) is 37.2 cm³/mol. The third kappa shape index (κ3) is 2.84. The van der Waals surface area contributed by atoms with Crippen LogP contribution in [0.2, 0.25) is 0 Å². The van der Waals surface area contributed by atoms with Crippen molar-refractivity contribution in [3.8, 4) is 0 Å². The normalized spacial score (nSPS) is 21.1. The van der Waals surface area contributed by atoms with Gasteiger partial charge in [0.1, 0.15) is 24.4 Å². The Kier molecular flexibility index (Phi) is 4.95. The van der Waals surface area contributed by atoms with Crippen LogP contribution in [0.3, 0.4) is 0 Å². The van der Waals surface area contributed by atoms with Crippen molar-refractivity contribution in [2.24, 2.45) is 0 Å². The van der Waals surface area contributed by atoms with Crippen LogP contribution in [0.15, 0.2) is 0 Å². The molecule has 12 heavy (non-hydrogen) atoms. The summed E-state index contributed by atoms with van der Waals surface area (Å²) in [4.78, 5) is 9.90. The quantitative estimate of drug-likeness (QED) is 0.223. The van der Waals surface area contributed by atoms with E-state index < -0.39 is 31.0 Å². The number of carbonyl (C=O) groups excluding carboxylic acids is 1. The van der Waals surface area contributed by atoms with Crippen molar-refractivity contribution in [3.63, 3.8) is 0 Å². The molecule has 0 aliphatic rings. The molecule has 0 aromatic rings. The number of rotatable bonds is 5. The Balaban J connectivity index is 4.07. The van der Waals surface area contributed by atoms with E-state index in [0.717, 1.165) is 0 Å². The molecule has 0 amide bonds. The molecule has 72 valence electrons. The fraction of sp³-hybridized carbons (Fsp3) is 0.833. The second-order valence-corrected chi connectivity index (χ2v) is 2.36. The van der Waals surface area contributed by atoms with Crippen molar-refractivity contribution in [2.45, 2.75) is 24.4 Å². The van der Waals surface area contributed by atoms with Crippen LogP contribution >= 0.6 is 0 Å². The standard InChI is InChI=1S/C6H12O6/c7-1-3(9)5(11)6(12)4(10)2-8/h1,3-6,8-12H,2H2/t3-,4+,5+,6+/m0/s1/i3+1,5+1. The van der Waals surface area contributed by atoms with E-state index in [-0.39, 0.29) is 6.29 Å². The van der Waals surface area contributed by atoms with Gasteiger partial charge in [0.05, 0.1) is 6.61 Å². The first-order valence-corrected chi connectivity index (χ1v) is 3.33. The average Bonchev–Trinajstić information content (AvgIpc) is 2.12. The molecular formula is C6H12O6. The summed E-state index contributed by atoms with van der Waals surface area (Å²) in [5, 5.41) is 43.5. The lowest BCUT2D eigenvalue weighted by molar-refractivity contribution is -0.136. The van der Waals surface area contributed by atoms with Gasteiger partial charge in [-0.2, -0.15) is 0 Å². The first-order chi connectivity index (χ1) is 5.54. The number of carbonyl (C=O) groups is 1. The molecule has 0 saturated carbocycles. The summed E-state index contributed by atoms with van der Waals surface area (Å²) in [6.07, 6.45) is -6.84. The molecule has 0 fully saturated rings. The highest BCUT2D eigenvalue weighted by molar-refractivity contribution is 5.56. The van der Waals surface area contributed by atoms with Gasteiger partial charge in [-0.05, 0) is 0 Å². The predicted octanol–water partition coefficient (Wildman–Crippen LogP) is -3.38. The summed E-state index contributed by atoms with van der Waals surface area (Å²) < 4.78 is 0. The summed E-state index contributed by atoms with van der Waals surface area (Å²) >= 11 is 0. The maximum Gasteiger partial charge on any atom is 0.151 e. The molecule has 4 atom stereocenters. The average molecular weight is 182 g/mol. The van der Waals surface area contributed by atoms with Gasteiger partial charge in [-0.1, -0.05) is 0 Å². The van der Waals surface area contributed by atoms with Crippen LogP contribution in [0.5, 0.6) is 0 Å². The molecule has 0 aliphatic heterocycles. The van der Waals surface area contributed by atoms with Gasteiger partial charge in [-0.15, -0.1) is 0 Å². The molecular weight excluding hydrogens is 170 g/mol. The minimum atomic E-state index is -1.79. The van der Waals surface area contributed by atoms with Gasteiger partial charge < -0.3 is 30.3 Å². The highest BCUT2D eigenvalue weighted by Gasteiger charge is 2.29. The van der Waals surface area contributed by atoms with E-state index in [2.05, 4.69) is 0 Å². The highest BCUT2D eigenvalue weighted by atomic mass is 16.5. The fourth-order valence-corrected chi connectivity index (χ4v) is 0.618. The molecule has 0 unspecified atom stereocenters. The molecule has 0 aromatic heterocycles. The number of aldehydes is 1. The molecule has 0 bridgehead atoms. The van der Waals surface area contributed by atoms with E-state index in [9.17, 15) is 4.79 Å². The Morgan fingerprint density at radius 2 is 1.58 bits per heavy atom. The zero-order valence-corrected chi connectivity index (χ0v) is 6.24. The summed E-state index contributed by atoms with van der Waals surface area (Å²) in [6, 6.07) is 0. The third-order valence-electron chi connectivity index (χ3n) is 1.42. The van der Waals surface area contributed by atoms with Crippen molar-refractivity contribution in [1.29, 1.82) is 0 Å². The zero-order chi connectivity index (χ0) is 9.72. The van der Waals surface area contributed by atoms with E-state index in [0.29, 0.717) is 0 Å². The Morgan fingerprint density at radius 1 is 1.08 bits per heavy atom. The van der Waals surface area contributed by atoms with Crippen LogP contribution in [0.1, 0.15) is 0 Å².